The van der Waals surface area contributed by atoms with E-state index < -0.39 is 0 Å². The Morgan fingerprint density at radius 1 is 1.11 bits per heavy atom. The molecule has 0 atom stereocenters. The summed E-state index contributed by atoms with van der Waals surface area (Å²) < 4.78 is 23.7. The van der Waals surface area contributed by atoms with Crippen LogP contribution in [0.3, 0.4) is 0 Å². The van der Waals surface area contributed by atoms with Gasteiger partial charge in [0.2, 0.25) is 0 Å². The van der Waals surface area contributed by atoms with Crippen molar-refractivity contribution >= 4 is 22.9 Å². The lowest BCUT2D eigenvalue weighted by atomic mass is 10.2. The Hall–Kier alpha value is -2.93. The van der Waals surface area contributed by atoms with Crippen molar-refractivity contribution in [1.29, 1.82) is 0 Å². The third-order valence-electron chi connectivity index (χ3n) is 4.05. The Balaban J connectivity index is 1.88. The summed E-state index contributed by atoms with van der Waals surface area (Å²) in [7, 11) is 3.15. The molecule has 0 unspecified atom stereocenters. The molecule has 1 aromatic heterocycles. The maximum atomic E-state index is 13.2. The van der Waals surface area contributed by atoms with Gasteiger partial charge in [-0.2, -0.15) is 0 Å². The fourth-order valence-electron chi connectivity index (χ4n) is 2.68. The van der Waals surface area contributed by atoms with E-state index in [1.165, 1.54) is 23.5 Å². The first-order valence-electron chi connectivity index (χ1n) is 8.32. The van der Waals surface area contributed by atoms with Gasteiger partial charge in [-0.15, -0.1) is 11.3 Å². The van der Waals surface area contributed by atoms with Crippen molar-refractivity contribution in [3.05, 3.63) is 59.4 Å². The molecule has 0 saturated heterocycles. The lowest BCUT2D eigenvalue weighted by Gasteiger charge is -2.19. The number of nitrogens with zero attached hydrogens (tertiary/aromatic N) is 2. The average molecular weight is 386 g/mol. The van der Waals surface area contributed by atoms with E-state index in [1.54, 1.807) is 42.7 Å². The maximum Gasteiger partial charge on any atom is 0.277 e. The zero-order chi connectivity index (χ0) is 19.4. The van der Waals surface area contributed by atoms with Gasteiger partial charge in [0.25, 0.3) is 5.91 Å². The molecular weight excluding hydrogens is 367 g/mol. The van der Waals surface area contributed by atoms with Crippen molar-refractivity contribution < 1.29 is 18.7 Å². The van der Waals surface area contributed by atoms with Gasteiger partial charge in [0.1, 0.15) is 16.5 Å². The first kappa shape index (κ1) is 18.8. The number of hydrogen-bond donors (Lipinski definition) is 0. The van der Waals surface area contributed by atoms with Gasteiger partial charge in [0, 0.05) is 23.2 Å². The Bertz CT molecular complexity index is 941. The number of ether oxygens (including phenoxy) is 2. The van der Waals surface area contributed by atoms with Crippen LogP contribution in [0.15, 0.2) is 47.8 Å². The summed E-state index contributed by atoms with van der Waals surface area (Å²) in [4.78, 5) is 18.9. The number of anilines is 1. The van der Waals surface area contributed by atoms with Gasteiger partial charge >= 0.3 is 0 Å². The van der Waals surface area contributed by atoms with Gasteiger partial charge in [0.15, 0.2) is 11.5 Å². The van der Waals surface area contributed by atoms with Crippen LogP contribution in [0.5, 0.6) is 11.5 Å². The van der Waals surface area contributed by atoms with Crippen molar-refractivity contribution in [2.75, 3.05) is 25.7 Å². The van der Waals surface area contributed by atoms with Gasteiger partial charge in [-0.3, -0.25) is 4.79 Å². The first-order valence-corrected chi connectivity index (χ1v) is 9.20. The summed E-state index contributed by atoms with van der Waals surface area (Å²) in [5.41, 5.74) is 1.81. The fourth-order valence-corrected chi connectivity index (χ4v) is 3.47. The minimum Gasteiger partial charge on any atom is -0.493 e. The summed E-state index contributed by atoms with van der Waals surface area (Å²) in [6.07, 6.45) is 0. The third kappa shape index (κ3) is 3.93. The number of rotatable bonds is 6. The van der Waals surface area contributed by atoms with Crippen LogP contribution in [0.4, 0.5) is 10.1 Å². The molecule has 0 N–H and O–H groups in total. The van der Waals surface area contributed by atoms with Crippen molar-refractivity contribution in [2.24, 2.45) is 0 Å². The molecule has 0 bridgehead atoms. The van der Waals surface area contributed by atoms with Crippen LogP contribution in [0.25, 0.3) is 10.6 Å². The fraction of sp³-hybridized carbons (Fsp3) is 0.200. The van der Waals surface area contributed by atoms with Crippen LogP contribution in [-0.4, -0.2) is 31.7 Å². The second-order valence-electron chi connectivity index (χ2n) is 5.63. The molecule has 3 aromatic rings. The predicted octanol–water partition coefficient (Wildman–Crippen LogP) is 4.63. The monoisotopic (exact) mass is 386 g/mol. The summed E-state index contributed by atoms with van der Waals surface area (Å²) >= 11 is 1.37. The summed E-state index contributed by atoms with van der Waals surface area (Å²) in [5.74, 6) is 0.654. The zero-order valence-electron chi connectivity index (χ0n) is 15.2. The number of halogens is 1. The number of hydrogen-bond acceptors (Lipinski definition) is 5. The van der Waals surface area contributed by atoms with E-state index in [2.05, 4.69) is 4.98 Å². The second-order valence-corrected chi connectivity index (χ2v) is 6.49. The molecule has 1 amide bonds. The van der Waals surface area contributed by atoms with Crippen LogP contribution in [0.2, 0.25) is 0 Å². The Kier molecular flexibility index (Phi) is 5.71. The highest BCUT2D eigenvalue weighted by Gasteiger charge is 2.20. The molecule has 140 valence electrons. The summed E-state index contributed by atoms with van der Waals surface area (Å²) in [6, 6.07) is 11.3. The number of carbonyl (C=O) groups excluding carboxylic acids is 1. The highest BCUT2D eigenvalue weighted by atomic mass is 32.1. The molecule has 0 fully saturated rings. The van der Waals surface area contributed by atoms with Gasteiger partial charge in [-0.1, -0.05) is 0 Å². The number of carbonyl (C=O) groups is 1. The SMILES string of the molecule is CCN(C(=O)c1csc(-c2ccc(OC)c(OC)c2)n1)c1ccc(F)cc1. The van der Waals surface area contributed by atoms with E-state index in [0.717, 1.165) is 5.56 Å². The molecule has 0 aliphatic rings. The minimum absolute atomic E-state index is 0.230. The highest BCUT2D eigenvalue weighted by Crippen LogP contribution is 2.33. The van der Waals surface area contributed by atoms with Crippen molar-refractivity contribution in [1.82, 2.24) is 4.98 Å². The number of benzene rings is 2. The largest absolute Gasteiger partial charge is 0.493 e. The van der Waals surface area contributed by atoms with Crippen LogP contribution >= 0.6 is 11.3 Å². The van der Waals surface area contributed by atoms with Crippen LogP contribution in [0.1, 0.15) is 17.4 Å². The topological polar surface area (TPSA) is 51.7 Å². The van der Waals surface area contributed by atoms with Gasteiger partial charge in [-0.05, 0) is 49.4 Å². The summed E-state index contributed by atoms with van der Waals surface area (Å²) in [6.45, 7) is 2.32. The van der Waals surface area contributed by atoms with Gasteiger partial charge in [-0.25, -0.2) is 9.37 Å². The predicted molar refractivity (Wildman–Crippen MR) is 104 cm³/mol. The molecule has 0 spiro atoms. The van der Waals surface area contributed by atoms with E-state index in [9.17, 15) is 9.18 Å². The van der Waals surface area contributed by atoms with Crippen molar-refractivity contribution in [3.63, 3.8) is 0 Å². The van der Waals surface area contributed by atoms with Crippen LogP contribution in [0, 0.1) is 5.82 Å². The second kappa shape index (κ2) is 8.18. The number of amides is 1. The van der Waals surface area contributed by atoms with E-state index in [0.29, 0.717) is 34.4 Å². The van der Waals surface area contributed by atoms with Crippen LogP contribution < -0.4 is 14.4 Å². The maximum absolute atomic E-state index is 13.2. The lowest BCUT2D eigenvalue weighted by molar-refractivity contribution is 0.0984. The number of thiazole rings is 1. The lowest BCUT2D eigenvalue weighted by Crippen LogP contribution is -2.30. The molecule has 0 saturated carbocycles. The first-order chi connectivity index (χ1) is 13.1. The normalized spacial score (nSPS) is 10.5. The van der Waals surface area contributed by atoms with Crippen LogP contribution in [-0.2, 0) is 0 Å². The molecule has 0 radical (unpaired) electrons. The third-order valence-corrected chi connectivity index (χ3v) is 4.94. The van der Waals surface area contributed by atoms with E-state index >= 15 is 0 Å². The molecular formula is C20H19FN2O3S. The van der Waals surface area contributed by atoms with E-state index in [-0.39, 0.29) is 11.7 Å². The molecule has 5 nitrogen and oxygen atoms in total. The Morgan fingerprint density at radius 2 is 1.81 bits per heavy atom. The molecule has 2 aromatic carbocycles. The zero-order valence-corrected chi connectivity index (χ0v) is 16.0. The molecule has 3 rings (SSSR count). The molecule has 0 aliphatic carbocycles. The molecule has 7 heteroatoms. The molecule has 0 aliphatic heterocycles. The van der Waals surface area contributed by atoms with E-state index in [1.807, 2.05) is 19.1 Å². The number of methoxy groups -OCH3 is 2. The quantitative estimate of drug-likeness (QED) is 0.620. The Labute approximate surface area is 161 Å². The number of aromatic nitrogens is 1. The standard InChI is InChI=1S/C20H19FN2O3S/c1-4-23(15-8-6-14(21)7-9-15)20(24)16-12-27-19(22-16)13-5-10-17(25-2)18(11-13)26-3/h5-12H,4H2,1-3H3. The molecule has 1 heterocycles. The Morgan fingerprint density at radius 3 is 2.44 bits per heavy atom. The minimum atomic E-state index is -0.341. The smallest absolute Gasteiger partial charge is 0.277 e. The van der Waals surface area contributed by atoms with Gasteiger partial charge in [0.05, 0.1) is 14.2 Å². The van der Waals surface area contributed by atoms with Crippen molar-refractivity contribution in [3.8, 4) is 22.1 Å². The average Bonchev–Trinajstić information content (AvgIpc) is 3.19. The van der Waals surface area contributed by atoms with Gasteiger partial charge < -0.3 is 14.4 Å². The van der Waals surface area contributed by atoms with E-state index in [4.69, 9.17) is 9.47 Å². The highest BCUT2D eigenvalue weighted by molar-refractivity contribution is 7.13. The summed E-state index contributed by atoms with van der Waals surface area (Å²) in [5, 5.41) is 2.43. The molecule has 27 heavy (non-hydrogen) atoms. The van der Waals surface area contributed by atoms with Crippen molar-refractivity contribution in [2.45, 2.75) is 6.92 Å².